The van der Waals surface area contributed by atoms with Gasteiger partial charge in [0.1, 0.15) is 6.10 Å². The van der Waals surface area contributed by atoms with E-state index >= 15 is 0 Å². The molecule has 0 bridgehead atoms. The van der Waals surface area contributed by atoms with Gasteiger partial charge >= 0.3 is 0 Å². The summed E-state index contributed by atoms with van der Waals surface area (Å²) in [5.74, 6) is -0.380. The van der Waals surface area contributed by atoms with Crippen LogP contribution in [0.15, 0.2) is 0 Å². The second-order valence-electron chi connectivity index (χ2n) is 3.04. The number of halogens is 3. The van der Waals surface area contributed by atoms with Crippen molar-refractivity contribution in [2.45, 2.75) is 16.0 Å². The van der Waals surface area contributed by atoms with Gasteiger partial charge in [-0.3, -0.25) is 4.79 Å². The van der Waals surface area contributed by atoms with Gasteiger partial charge in [0.05, 0.1) is 6.61 Å². The maximum absolute atomic E-state index is 11.5. The van der Waals surface area contributed by atoms with Crippen LogP contribution in [0, 0.1) is 0 Å². The van der Waals surface area contributed by atoms with E-state index in [4.69, 9.17) is 39.5 Å². The quantitative estimate of drug-likeness (QED) is 0.703. The van der Waals surface area contributed by atoms with Crippen molar-refractivity contribution in [3.05, 3.63) is 0 Å². The van der Waals surface area contributed by atoms with Crippen LogP contribution in [-0.4, -0.2) is 52.1 Å². The van der Waals surface area contributed by atoms with Gasteiger partial charge < -0.3 is 14.7 Å². The maximum Gasteiger partial charge on any atom is 0.254 e. The van der Waals surface area contributed by atoms with Crippen LogP contribution in [0.25, 0.3) is 0 Å². The lowest BCUT2D eigenvalue weighted by Crippen LogP contribution is -2.54. The Hall–Kier alpha value is 0.260. The second kappa shape index (κ2) is 4.41. The molecule has 1 aliphatic heterocycles. The number of aliphatic hydroxyl groups excluding tert-OH is 1. The van der Waals surface area contributed by atoms with Crippen LogP contribution in [0.2, 0.25) is 0 Å². The average molecular weight is 263 g/mol. The van der Waals surface area contributed by atoms with E-state index in [1.165, 1.54) is 4.90 Å². The van der Waals surface area contributed by atoms with Gasteiger partial charge in [-0.2, -0.15) is 0 Å². The molecule has 82 valence electrons. The van der Waals surface area contributed by atoms with Crippen molar-refractivity contribution in [2.75, 3.05) is 20.2 Å². The zero-order chi connectivity index (χ0) is 10.9. The Morgan fingerprint density at radius 2 is 2.21 bits per heavy atom. The van der Waals surface area contributed by atoms with E-state index in [0.29, 0.717) is 13.2 Å². The summed E-state index contributed by atoms with van der Waals surface area (Å²) < 4.78 is 3.14. The standard InChI is InChI=1S/C7H10Cl3NO3/c1-11-2-3-14-4(6(11)13)5(12)7(8,9)10/h4-5,12H,2-3H2,1H3. The minimum absolute atomic E-state index is 0.324. The summed E-state index contributed by atoms with van der Waals surface area (Å²) in [6.07, 6.45) is -2.55. The first kappa shape index (κ1) is 12.3. The molecule has 2 atom stereocenters. The molecule has 0 aromatic rings. The van der Waals surface area contributed by atoms with Gasteiger partial charge in [0.25, 0.3) is 5.91 Å². The molecule has 0 aromatic heterocycles. The van der Waals surface area contributed by atoms with E-state index in [0.717, 1.165) is 0 Å². The predicted molar refractivity (Wildman–Crippen MR) is 53.7 cm³/mol. The summed E-state index contributed by atoms with van der Waals surface area (Å²) in [7, 11) is 1.60. The molecule has 1 heterocycles. The third kappa shape index (κ3) is 2.64. The van der Waals surface area contributed by atoms with Crippen molar-refractivity contribution in [3.8, 4) is 0 Å². The molecule has 0 aliphatic carbocycles. The number of ether oxygens (including phenoxy) is 1. The molecule has 0 aromatic carbocycles. The van der Waals surface area contributed by atoms with Gasteiger partial charge in [0.15, 0.2) is 6.10 Å². The molecule has 1 rings (SSSR count). The number of rotatable bonds is 1. The number of carbonyl (C=O) groups is 1. The highest BCUT2D eigenvalue weighted by atomic mass is 35.6. The Morgan fingerprint density at radius 3 is 2.71 bits per heavy atom. The number of amides is 1. The van der Waals surface area contributed by atoms with Crippen LogP contribution >= 0.6 is 34.8 Å². The molecule has 7 heteroatoms. The second-order valence-corrected chi connectivity index (χ2v) is 5.41. The molecule has 14 heavy (non-hydrogen) atoms. The van der Waals surface area contributed by atoms with Crippen LogP contribution in [0.3, 0.4) is 0 Å². The Kier molecular flexibility index (Phi) is 3.88. The number of carbonyl (C=O) groups excluding carboxylic acids is 1. The fourth-order valence-corrected chi connectivity index (χ4v) is 1.46. The number of hydrogen-bond acceptors (Lipinski definition) is 3. The molecule has 1 N–H and O–H groups in total. The number of morpholine rings is 1. The molecule has 1 aliphatic rings. The van der Waals surface area contributed by atoms with Crippen molar-refractivity contribution in [3.63, 3.8) is 0 Å². The number of nitrogens with zero attached hydrogens (tertiary/aromatic N) is 1. The highest BCUT2D eigenvalue weighted by Gasteiger charge is 2.44. The Bertz CT molecular complexity index is 231. The highest BCUT2D eigenvalue weighted by Crippen LogP contribution is 2.33. The zero-order valence-corrected chi connectivity index (χ0v) is 9.68. The first-order valence-corrected chi connectivity index (χ1v) is 5.09. The lowest BCUT2D eigenvalue weighted by Gasteiger charge is -2.34. The van der Waals surface area contributed by atoms with Crippen molar-refractivity contribution in [1.29, 1.82) is 0 Å². The monoisotopic (exact) mass is 261 g/mol. The molecule has 4 nitrogen and oxygen atoms in total. The van der Waals surface area contributed by atoms with Gasteiger partial charge in [0.2, 0.25) is 3.79 Å². The van der Waals surface area contributed by atoms with Gasteiger partial charge in [-0.25, -0.2) is 0 Å². The number of alkyl halides is 3. The smallest absolute Gasteiger partial charge is 0.254 e. The van der Waals surface area contributed by atoms with Gasteiger partial charge in [-0.1, -0.05) is 34.8 Å². The zero-order valence-electron chi connectivity index (χ0n) is 7.41. The van der Waals surface area contributed by atoms with E-state index in [-0.39, 0.29) is 5.91 Å². The fourth-order valence-electron chi connectivity index (χ4n) is 1.11. The third-order valence-corrected chi connectivity index (χ3v) is 2.64. The number of aliphatic hydroxyl groups is 1. The molecule has 0 radical (unpaired) electrons. The fraction of sp³-hybridized carbons (Fsp3) is 0.857. The Morgan fingerprint density at radius 1 is 1.64 bits per heavy atom. The Labute approximate surface area is 96.7 Å². The van der Waals surface area contributed by atoms with Crippen molar-refractivity contribution >= 4 is 40.7 Å². The van der Waals surface area contributed by atoms with Crippen molar-refractivity contribution in [2.24, 2.45) is 0 Å². The lowest BCUT2D eigenvalue weighted by molar-refractivity contribution is -0.160. The van der Waals surface area contributed by atoms with Gasteiger partial charge in [-0.15, -0.1) is 0 Å². The molecule has 1 saturated heterocycles. The van der Waals surface area contributed by atoms with Gasteiger partial charge in [0, 0.05) is 13.6 Å². The highest BCUT2D eigenvalue weighted by molar-refractivity contribution is 6.68. The van der Waals surface area contributed by atoms with Crippen LogP contribution in [0.4, 0.5) is 0 Å². The van der Waals surface area contributed by atoms with Crippen LogP contribution in [0.5, 0.6) is 0 Å². The minimum atomic E-state index is -1.92. The first-order valence-electron chi connectivity index (χ1n) is 3.95. The normalized spacial score (nSPS) is 26.5. The van der Waals surface area contributed by atoms with Crippen LogP contribution < -0.4 is 0 Å². The molecular weight excluding hydrogens is 252 g/mol. The summed E-state index contributed by atoms with van der Waals surface area (Å²) >= 11 is 16.4. The molecule has 0 spiro atoms. The molecule has 1 amide bonds. The summed E-state index contributed by atoms with van der Waals surface area (Å²) in [6.45, 7) is 0.798. The number of likely N-dealkylation sites (N-methyl/N-ethyl adjacent to an activating group) is 1. The van der Waals surface area contributed by atoms with Gasteiger partial charge in [-0.05, 0) is 0 Å². The maximum atomic E-state index is 11.5. The number of hydrogen-bond donors (Lipinski definition) is 1. The summed E-state index contributed by atoms with van der Waals surface area (Å²) in [5, 5.41) is 9.53. The first-order chi connectivity index (χ1) is 6.34. The molecule has 1 fully saturated rings. The minimum Gasteiger partial charge on any atom is -0.385 e. The van der Waals surface area contributed by atoms with E-state index in [9.17, 15) is 9.90 Å². The van der Waals surface area contributed by atoms with E-state index in [1.807, 2.05) is 0 Å². The van der Waals surface area contributed by atoms with Crippen LogP contribution in [-0.2, 0) is 9.53 Å². The third-order valence-electron chi connectivity index (χ3n) is 1.97. The summed E-state index contributed by atoms with van der Waals surface area (Å²) in [4.78, 5) is 12.9. The summed E-state index contributed by atoms with van der Waals surface area (Å²) in [6, 6.07) is 0. The van der Waals surface area contributed by atoms with Crippen molar-refractivity contribution in [1.82, 2.24) is 4.90 Å². The average Bonchev–Trinajstić information content (AvgIpc) is 2.07. The topological polar surface area (TPSA) is 49.8 Å². The summed E-state index contributed by atoms with van der Waals surface area (Å²) in [5.41, 5.74) is 0. The Balaban J connectivity index is 2.72. The van der Waals surface area contributed by atoms with E-state index in [1.54, 1.807) is 7.05 Å². The predicted octanol–water partition coefficient (Wildman–Crippen LogP) is 0.575. The van der Waals surface area contributed by atoms with Crippen LogP contribution in [0.1, 0.15) is 0 Å². The van der Waals surface area contributed by atoms with Crippen molar-refractivity contribution < 1.29 is 14.6 Å². The largest absolute Gasteiger partial charge is 0.385 e. The van der Waals surface area contributed by atoms with E-state index in [2.05, 4.69) is 0 Å². The lowest BCUT2D eigenvalue weighted by atomic mass is 10.1. The molecule has 0 saturated carbocycles. The molecule has 2 unspecified atom stereocenters. The molecular formula is C7H10Cl3NO3. The SMILES string of the molecule is CN1CCOC(C(O)C(Cl)(Cl)Cl)C1=O. The van der Waals surface area contributed by atoms with E-state index < -0.39 is 16.0 Å².